The molecule has 1 amide bonds. The summed E-state index contributed by atoms with van der Waals surface area (Å²) in [5.41, 5.74) is 2.32. The van der Waals surface area contributed by atoms with E-state index < -0.39 is 11.1 Å². The fourth-order valence-corrected chi connectivity index (χ4v) is 4.70. The van der Waals surface area contributed by atoms with Crippen molar-refractivity contribution < 1.29 is 4.79 Å². The fraction of sp³-hybridized carbons (Fsp3) is 0.400. The second kappa shape index (κ2) is 10.4. The lowest BCUT2D eigenvalue weighted by Gasteiger charge is -2.36. The van der Waals surface area contributed by atoms with Crippen molar-refractivity contribution in [1.29, 1.82) is 0 Å². The van der Waals surface area contributed by atoms with E-state index in [4.69, 9.17) is 11.6 Å². The average Bonchev–Trinajstić information content (AvgIpc) is 2.84. The molecule has 9 heteroatoms. The van der Waals surface area contributed by atoms with Crippen molar-refractivity contribution in [1.82, 2.24) is 19.4 Å². The van der Waals surface area contributed by atoms with Gasteiger partial charge in [-0.05, 0) is 43.7 Å². The summed E-state index contributed by atoms with van der Waals surface area (Å²) in [4.78, 5) is 42.4. The molecule has 0 saturated carbocycles. The number of anilines is 1. The molecule has 0 atom stereocenters. The quantitative estimate of drug-likeness (QED) is 0.520. The van der Waals surface area contributed by atoms with Crippen molar-refractivity contribution in [2.75, 3.05) is 44.2 Å². The van der Waals surface area contributed by atoms with Gasteiger partial charge in [0.1, 0.15) is 6.54 Å². The predicted octanol–water partition coefficient (Wildman–Crippen LogP) is 2.08. The molecule has 1 saturated heterocycles. The molecule has 8 nitrogen and oxygen atoms in total. The fourth-order valence-electron chi connectivity index (χ4n) is 4.53. The molecule has 4 rings (SSSR count). The van der Waals surface area contributed by atoms with Gasteiger partial charge in [-0.1, -0.05) is 29.8 Å². The zero-order chi connectivity index (χ0) is 24.2. The van der Waals surface area contributed by atoms with Gasteiger partial charge >= 0.3 is 11.1 Å². The predicted molar refractivity (Wildman–Crippen MR) is 136 cm³/mol. The highest BCUT2D eigenvalue weighted by molar-refractivity contribution is 6.30. The summed E-state index contributed by atoms with van der Waals surface area (Å²) in [5.74, 6) is -0.283. The van der Waals surface area contributed by atoms with Crippen LogP contribution in [-0.4, -0.2) is 59.2 Å². The second-order valence-electron chi connectivity index (χ2n) is 8.54. The number of halogens is 1. The number of hydrogen-bond donors (Lipinski definition) is 1. The van der Waals surface area contributed by atoms with E-state index in [2.05, 4.69) is 22.0 Å². The van der Waals surface area contributed by atoms with E-state index >= 15 is 0 Å². The number of benzene rings is 2. The van der Waals surface area contributed by atoms with Gasteiger partial charge < -0.3 is 14.8 Å². The minimum absolute atomic E-state index is 0.180. The van der Waals surface area contributed by atoms with E-state index in [1.165, 1.54) is 20.4 Å². The maximum absolute atomic E-state index is 12.6. The largest absolute Gasteiger partial charge is 0.369 e. The number of carbonyl (C=O) groups excluding carboxylic acids is 1. The highest BCUT2D eigenvalue weighted by Crippen LogP contribution is 2.25. The van der Waals surface area contributed by atoms with Crippen LogP contribution >= 0.6 is 11.6 Å². The van der Waals surface area contributed by atoms with Gasteiger partial charge in [-0.2, -0.15) is 0 Å². The first-order valence-electron chi connectivity index (χ1n) is 11.6. The van der Waals surface area contributed by atoms with Gasteiger partial charge in [-0.3, -0.25) is 23.9 Å². The Balaban J connectivity index is 1.32. The monoisotopic (exact) mass is 483 g/mol. The molecule has 2 aromatic carbocycles. The Kier molecular flexibility index (Phi) is 7.38. The van der Waals surface area contributed by atoms with Gasteiger partial charge in [0.2, 0.25) is 5.91 Å². The molecule has 0 bridgehead atoms. The number of aryl methyl sites for hydroxylation is 2. The summed E-state index contributed by atoms with van der Waals surface area (Å²) in [7, 11) is 0. The normalized spacial score (nSPS) is 14.5. The zero-order valence-electron chi connectivity index (χ0n) is 19.6. The molecule has 34 heavy (non-hydrogen) atoms. The van der Waals surface area contributed by atoms with E-state index in [-0.39, 0.29) is 12.5 Å². The number of aromatic nitrogens is 2. The third-order valence-corrected chi connectivity index (χ3v) is 6.62. The van der Waals surface area contributed by atoms with Crippen LogP contribution in [0.15, 0.2) is 52.1 Å². The molecule has 180 valence electrons. The number of para-hydroxylation sites is 2. The Morgan fingerprint density at radius 1 is 0.971 bits per heavy atom. The van der Waals surface area contributed by atoms with E-state index in [9.17, 15) is 14.4 Å². The molecule has 1 N–H and O–H groups in total. The van der Waals surface area contributed by atoms with E-state index in [0.29, 0.717) is 24.1 Å². The van der Waals surface area contributed by atoms with Gasteiger partial charge in [0.05, 0.1) is 11.0 Å². The molecular weight excluding hydrogens is 454 g/mol. The summed E-state index contributed by atoms with van der Waals surface area (Å²) in [5, 5.41) is 3.64. The van der Waals surface area contributed by atoms with Crippen LogP contribution in [-0.2, 0) is 17.9 Å². The smallest absolute Gasteiger partial charge is 0.317 e. The van der Waals surface area contributed by atoms with Crippen LogP contribution in [0, 0.1) is 6.92 Å². The topological polar surface area (TPSA) is 79.6 Å². The number of nitrogens with one attached hydrogen (secondary N) is 1. The first kappa shape index (κ1) is 24.0. The third-order valence-electron chi connectivity index (χ3n) is 6.39. The van der Waals surface area contributed by atoms with E-state index in [0.717, 1.165) is 37.7 Å². The van der Waals surface area contributed by atoms with Gasteiger partial charge in [0.15, 0.2) is 0 Å². The van der Waals surface area contributed by atoms with Gasteiger partial charge in [-0.15, -0.1) is 0 Å². The number of hydrogen-bond acceptors (Lipinski definition) is 5. The third kappa shape index (κ3) is 5.03. The molecule has 0 aliphatic carbocycles. The van der Waals surface area contributed by atoms with Crippen molar-refractivity contribution in [3.8, 4) is 0 Å². The summed E-state index contributed by atoms with van der Waals surface area (Å²) >= 11 is 6.17. The van der Waals surface area contributed by atoms with Crippen LogP contribution in [0.25, 0.3) is 11.0 Å². The van der Waals surface area contributed by atoms with Crippen molar-refractivity contribution in [3.63, 3.8) is 0 Å². The van der Waals surface area contributed by atoms with Crippen molar-refractivity contribution in [2.24, 2.45) is 0 Å². The second-order valence-corrected chi connectivity index (χ2v) is 8.98. The van der Waals surface area contributed by atoms with E-state index in [1.807, 2.05) is 31.2 Å². The lowest BCUT2D eigenvalue weighted by molar-refractivity contribution is -0.121. The minimum atomic E-state index is -0.678. The maximum atomic E-state index is 12.6. The van der Waals surface area contributed by atoms with Crippen LogP contribution in [0.2, 0.25) is 5.02 Å². The van der Waals surface area contributed by atoms with Crippen LogP contribution in [0.4, 0.5) is 5.69 Å². The van der Waals surface area contributed by atoms with Crippen molar-refractivity contribution >= 4 is 34.2 Å². The molecule has 2 heterocycles. The first-order chi connectivity index (χ1) is 16.4. The van der Waals surface area contributed by atoms with Gasteiger partial charge in [-0.25, -0.2) is 0 Å². The van der Waals surface area contributed by atoms with Crippen molar-refractivity contribution in [3.05, 3.63) is 73.8 Å². The number of nitrogens with zero attached hydrogens (tertiary/aromatic N) is 4. The molecule has 1 aromatic heterocycles. The first-order valence-corrected chi connectivity index (χ1v) is 12.0. The summed E-state index contributed by atoms with van der Waals surface area (Å²) in [6.07, 6.45) is 0. The number of carbonyl (C=O) groups is 1. The molecule has 1 aliphatic heterocycles. The number of rotatable bonds is 7. The highest BCUT2D eigenvalue weighted by Gasteiger charge is 2.19. The van der Waals surface area contributed by atoms with Crippen LogP contribution in [0.5, 0.6) is 0 Å². The lowest BCUT2D eigenvalue weighted by atomic mass is 10.1. The van der Waals surface area contributed by atoms with Gasteiger partial charge in [0, 0.05) is 56.5 Å². The highest BCUT2D eigenvalue weighted by atomic mass is 35.5. The molecule has 1 aliphatic rings. The molecular formula is C25H30ClN5O3. The summed E-state index contributed by atoms with van der Waals surface area (Å²) in [6, 6.07) is 13.1. The van der Waals surface area contributed by atoms with Crippen LogP contribution in [0.3, 0.4) is 0 Å². The number of piperazine rings is 1. The SMILES string of the molecule is CCn1c(=O)c(=O)n(CC(=O)NCCN2CCN(c3cc(Cl)ccc3C)CC2)c2ccccc21. The summed E-state index contributed by atoms with van der Waals surface area (Å²) in [6.45, 7) is 8.89. The minimum Gasteiger partial charge on any atom is -0.369 e. The van der Waals surface area contributed by atoms with Crippen LogP contribution in [0.1, 0.15) is 12.5 Å². The molecule has 0 unspecified atom stereocenters. The molecule has 1 fully saturated rings. The Bertz CT molecular complexity index is 1310. The number of fused-ring (bicyclic) bond motifs is 1. The zero-order valence-corrected chi connectivity index (χ0v) is 20.3. The molecule has 0 radical (unpaired) electrons. The van der Waals surface area contributed by atoms with E-state index in [1.54, 1.807) is 18.2 Å². The molecule has 0 spiro atoms. The Morgan fingerprint density at radius 2 is 1.62 bits per heavy atom. The lowest BCUT2D eigenvalue weighted by Crippen LogP contribution is -2.49. The molecule has 3 aromatic rings. The Morgan fingerprint density at radius 3 is 2.29 bits per heavy atom. The van der Waals surface area contributed by atoms with Crippen LogP contribution < -0.4 is 21.3 Å². The van der Waals surface area contributed by atoms with Gasteiger partial charge in [0.25, 0.3) is 0 Å². The Labute approximate surface area is 203 Å². The number of amides is 1. The maximum Gasteiger partial charge on any atom is 0.317 e. The standard InChI is InChI=1S/C25H30ClN5O3/c1-3-30-20-6-4-5-7-21(20)31(25(34)24(30)33)17-23(32)27-10-11-28-12-14-29(15-13-28)22-16-19(26)9-8-18(22)2/h4-9,16H,3,10-15,17H2,1-2H3,(H,27,32). The summed E-state index contributed by atoms with van der Waals surface area (Å²) < 4.78 is 2.71. The average molecular weight is 484 g/mol. The van der Waals surface area contributed by atoms with Crippen molar-refractivity contribution in [2.45, 2.75) is 26.9 Å². The Hall–Kier alpha value is -3.10.